The van der Waals surface area contributed by atoms with Gasteiger partial charge in [-0.3, -0.25) is 4.79 Å². The van der Waals surface area contributed by atoms with E-state index in [2.05, 4.69) is 4.98 Å². The Hall–Kier alpha value is -2.82. The quantitative estimate of drug-likeness (QED) is 0.774. The highest BCUT2D eigenvalue weighted by atomic mass is 19.1. The third-order valence-corrected chi connectivity index (χ3v) is 4.83. The van der Waals surface area contributed by atoms with Gasteiger partial charge >= 0.3 is 0 Å². The van der Waals surface area contributed by atoms with E-state index in [1.165, 1.54) is 6.07 Å². The van der Waals surface area contributed by atoms with Crippen molar-refractivity contribution in [2.75, 3.05) is 13.7 Å². The fourth-order valence-corrected chi connectivity index (χ4v) is 3.59. The zero-order valence-corrected chi connectivity index (χ0v) is 14.0. The summed E-state index contributed by atoms with van der Waals surface area (Å²) in [5, 5.41) is 0.447. The highest BCUT2D eigenvalue weighted by molar-refractivity contribution is 5.98. The molecular formula is C20H19FN2O2. The molecule has 2 aromatic carbocycles. The minimum atomic E-state index is -0.321. The Bertz CT molecular complexity index is 934. The van der Waals surface area contributed by atoms with Crippen molar-refractivity contribution < 1.29 is 13.9 Å². The van der Waals surface area contributed by atoms with Gasteiger partial charge in [0.25, 0.3) is 5.91 Å². The maximum atomic E-state index is 13.9. The maximum Gasteiger partial charge on any atom is 0.270 e. The largest absolute Gasteiger partial charge is 0.497 e. The van der Waals surface area contributed by atoms with Gasteiger partial charge in [0.15, 0.2) is 0 Å². The minimum absolute atomic E-state index is 0.0128. The summed E-state index contributed by atoms with van der Waals surface area (Å²) in [6, 6.07) is 14.3. The van der Waals surface area contributed by atoms with Crippen LogP contribution in [-0.2, 0) is 0 Å². The molecule has 0 radical (unpaired) electrons. The number of nitrogens with zero attached hydrogens (tertiary/aromatic N) is 1. The summed E-state index contributed by atoms with van der Waals surface area (Å²) >= 11 is 0. The molecule has 4 nitrogen and oxygen atoms in total. The molecule has 1 aliphatic rings. The molecule has 1 unspecified atom stereocenters. The lowest BCUT2D eigenvalue weighted by Crippen LogP contribution is -2.30. The number of hydrogen-bond donors (Lipinski definition) is 1. The molecule has 25 heavy (non-hydrogen) atoms. The second-order valence-electron chi connectivity index (χ2n) is 6.32. The molecule has 1 aromatic heterocycles. The summed E-state index contributed by atoms with van der Waals surface area (Å²) in [6.07, 6.45) is 1.86. The van der Waals surface area contributed by atoms with Crippen LogP contribution >= 0.6 is 0 Å². The molecule has 1 saturated heterocycles. The smallest absolute Gasteiger partial charge is 0.270 e. The number of carbonyl (C=O) groups excluding carboxylic acids is 1. The lowest BCUT2D eigenvalue weighted by atomic mass is 10.0. The number of rotatable bonds is 3. The van der Waals surface area contributed by atoms with Crippen LogP contribution in [0.3, 0.4) is 0 Å². The van der Waals surface area contributed by atoms with Crippen molar-refractivity contribution in [3.8, 4) is 5.75 Å². The number of fused-ring (bicyclic) bond motifs is 1. The van der Waals surface area contributed by atoms with E-state index in [-0.39, 0.29) is 17.8 Å². The number of halogens is 1. The van der Waals surface area contributed by atoms with Crippen molar-refractivity contribution >= 4 is 16.8 Å². The lowest BCUT2D eigenvalue weighted by molar-refractivity contribution is 0.0730. The molecule has 128 valence electrons. The van der Waals surface area contributed by atoms with E-state index >= 15 is 0 Å². The highest BCUT2D eigenvalue weighted by Crippen LogP contribution is 2.34. The average molecular weight is 338 g/mol. The van der Waals surface area contributed by atoms with Gasteiger partial charge in [-0.05, 0) is 48.7 Å². The molecule has 5 heteroatoms. The maximum absolute atomic E-state index is 13.9. The monoisotopic (exact) mass is 338 g/mol. The normalized spacial score (nSPS) is 17.2. The van der Waals surface area contributed by atoms with E-state index in [0.29, 0.717) is 23.1 Å². The number of benzene rings is 2. The number of aromatic amines is 1. The fraction of sp³-hybridized carbons (Fsp3) is 0.250. The SMILES string of the molecule is COc1cccc(C2CCCN2C(=O)c2cc3c(F)cccc3[nH]2)c1. The molecule has 0 aliphatic carbocycles. The predicted octanol–water partition coefficient (Wildman–Crippen LogP) is 4.29. The van der Waals surface area contributed by atoms with Crippen LogP contribution in [0, 0.1) is 5.82 Å². The summed E-state index contributed by atoms with van der Waals surface area (Å²) in [4.78, 5) is 17.9. The molecule has 0 bridgehead atoms. The highest BCUT2D eigenvalue weighted by Gasteiger charge is 2.31. The molecule has 4 rings (SSSR count). The van der Waals surface area contributed by atoms with Gasteiger partial charge < -0.3 is 14.6 Å². The van der Waals surface area contributed by atoms with Crippen LogP contribution < -0.4 is 4.74 Å². The third-order valence-electron chi connectivity index (χ3n) is 4.83. The number of aromatic nitrogens is 1. The number of carbonyl (C=O) groups is 1. The van der Waals surface area contributed by atoms with Crippen LogP contribution in [0.4, 0.5) is 4.39 Å². The van der Waals surface area contributed by atoms with Gasteiger partial charge in [-0.15, -0.1) is 0 Å². The number of H-pyrrole nitrogens is 1. The Kier molecular flexibility index (Phi) is 3.92. The van der Waals surface area contributed by atoms with E-state index < -0.39 is 0 Å². The van der Waals surface area contributed by atoms with Crippen LogP contribution in [-0.4, -0.2) is 29.4 Å². The van der Waals surface area contributed by atoms with Gasteiger partial charge in [0, 0.05) is 17.4 Å². The standard InChI is InChI=1S/C20H19FN2O2/c1-25-14-6-2-5-13(11-14)19-9-4-10-23(19)20(24)18-12-15-16(21)7-3-8-17(15)22-18/h2-3,5-8,11-12,19,22H,4,9-10H2,1H3. The molecule has 0 saturated carbocycles. The van der Waals surface area contributed by atoms with Gasteiger partial charge in [0.2, 0.25) is 0 Å². The molecular weight excluding hydrogens is 319 g/mol. The van der Waals surface area contributed by atoms with Gasteiger partial charge in [-0.25, -0.2) is 4.39 Å². The number of likely N-dealkylation sites (tertiary alicyclic amines) is 1. The molecule has 3 aromatic rings. The zero-order chi connectivity index (χ0) is 17.4. The predicted molar refractivity (Wildman–Crippen MR) is 94.3 cm³/mol. The summed E-state index contributed by atoms with van der Waals surface area (Å²) in [6.45, 7) is 0.693. The van der Waals surface area contributed by atoms with E-state index in [1.54, 1.807) is 25.3 Å². The Labute approximate surface area is 145 Å². The minimum Gasteiger partial charge on any atom is -0.497 e. The molecule has 1 atom stereocenters. The van der Waals surface area contributed by atoms with Crippen molar-refractivity contribution in [1.82, 2.24) is 9.88 Å². The molecule has 2 heterocycles. The van der Waals surface area contributed by atoms with Crippen molar-refractivity contribution in [3.63, 3.8) is 0 Å². The third kappa shape index (κ3) is 2.76. The fourth-order valence-electron chi connectivity index (χ4n) is 3.59. The van der Waals surface area contributed by atoms with Gasteiger partial charge in [0.1, 0.15) is 17.3 Å². The van der Waals surface area contributed by atoms with E-state index in [1.807, 2.05) is 29.2 Å². The van der Waals surface area contributed by atoms with Crippen LogP contribution in [0.25, 0.3) is 10.9 Å². The number of ether oxygens (including phenoxy) is 1. The molecule has 1 amide bonds. The number of methoxy groups -OCH3 is 1. The van der Waals surface area contributed by atoms with Crippen molar-refractivity contribution in [3.05, 3.63) is 65.6 Å². The first kappa shape index (κ1) is 15.7. The summed E-state index contributed by atoms with van der Waals surface area (Å²) < 4.78 is 19.2. The average Bonchev–Trinajstić information content (AvgIpc) is 3.29. The first-order valence-electron chi connectivity index (χ1n) is 8.39. The van der Waals surface area contributed by atoms with Gasteiger partial charge in [0.05, 0.1) is 13.2 Å². The van der Waals surface area contributed by atoms with E-state index in [9.17, 15) is 9.18 Å². The Morgan fingerprint density at radius 2 is 2.08 bits per heavy atom. The molecule has 0 spiro atoms. The van der Waals surface area contributed by atoms with Crippen molar-refractivity contribution in [2.24, 2.45) is 0 Å². The molecule has 1 aliphatic heterocycles. The molecule has 1 fully saturated rings. The Morgan fingerprint density at radius 3 is 2.88 bits per heavy atom. The zero-order valence-electron chi connectivity index (χ0n) is 14.0. The summed E-state index contributed by atoms with van der Waals surface area (Å²) in [5.74, 6) is 0.365. The topological polar surface area (TPSA) is 45.3 Å². The van der Waals surface area contributed by atoms with E-state index in [0.717, 1.165) is 24.2 Å². The number of hydrogen-bond acceptors (Lipinski definition) is 2. The first-order valence-corrected chi connectivity index (χ1v) is 8.39. The Morgan fingerprint density at radius 1 is 1.24 bits per heavy atom. The summed E-state index contributed by atoms with van der Waals surface area (Å²) in [5.41, 5.74) is 2.13. The number of nitrogens with one attached hydrogen (secondary N) is 1. The van der Waals surface area contributed by atoms with Crippen LogP contribution in [0.5, 0.6) is 5.75 Å². The number of amides is 1. The van der Waals surface area contributed by atoms with Crippen LogP contribution in [0.2, 0.25) is 0 Å². The second kappa shape index (κ2) is 6.24. The molecule has 1 N–H and O–H groups in total. The van der Waals surface area contributed by atoms with Crippen LogP contribution in [0.1, 0.15) is 34.9 Å². The van der Waals surface area contributed by atoms with E-state index in [4.69, 9.17) is 4.74 Å². The van der Waals surface area contributed by atoms with Gasteiger partial charge in [-0.1, -0.05) is 18.2 Å². The lowest BCUT2D eigenvalue weighted by Gasteiger charge is -2.25. The van der Waals surface area contributed by atoms with Crippen molar-refractivity contribution in [2.45, 2.75) is 18.9 Å². The van der Waals surface area contributed by atoms with Crippen molar-refractivity contribution in [1.29, 1.82) is 0 Å². The van der Waals surface area contributed by atoms with Crippen LogP contribution in [0.15, 0.2) is 48.5 Å². The van der Waals surface area contributed by atoms with Gasteiger partial charge in [-0.2, -0.15) is 0 Å². The first-order chi connectivity index (χ1) is 12.2. The summed E-state index contributed by atoms with van der Waals surface area (Å²) in [7, 11) is 1.63. The second-order valence-corrected chi connectivity index (χ2v) is 6.32. The Balaban J connectivity index is 1.66.